The highest BCUT2D eigenvalue weighted by molar-refractivity contribution is 5.31. The number of nitrogens with one attached hydrogen (secondary N) is 1. The molecule has 2 aromatic rings. The summed E-state index contributed by atoms with van der Waals surface area (Å²) in [7, 11) is 1.70. The van der Waals surface area contributed by atoms with Crippen molar-refractivity contribution in [2.45, 2.75) is 33.4 Å². The number of rotatable bonds is 6. The standard InChI is InChI=1S/C15H22N4O/c1-11-5-6-14(7-16-11)9-19-8-12(2)17-15(19)18-13(3)10-20-4/h5-8,13H,9-10H2,1-4H3,(H,17,18). The van der Waals surface area contributed by atoms with Crippen LogP contribution in [-0.4, -0.2) is 34.3 Å². The highest BCUT2D eigenvalue weighted by Crippen LogP contribution is 2.13. The van der Waals surface area contributed by atoms with Gasteiger partial charge in [-0.1, -0.05) is 6.07 Å². The molecule has 0 bridgehead atoms. The Balaban J connectivity index is 2.12. The van der Waals surface area contributed by atoms with Gasteiger partial charge >= 0.3 is 0 Å². The Hall–Kier alpha value is -1.88. The minimum absolute atomic E-state index is 0.219. The fraction of sp³-hybridized carbons (Fsp3) is 0.467. The van der Waals surface area contributed by atoms with Gasteiger partial charge in [0, 0.05) is 31.2 Å². The number of pyridine rings is 1. The molecule has 0 saturated heterocycles. The summed E-state index contributed by atoms with van der Waals surface area (Å²) in [6, 6.07) is 4.34. The summed E-state index contributed by atoms with van der Waals surface area (Å²) in [5.74, 6) is 0.868. The summed E-state index contributed by atoms with van der Waals surface area (Å²) in [5.41, 5.74) is 3.19. The van der Waals surface area contributed by atoms with Gasteiger partial charge in [-0.3, -0.25) is 4.98 Å². The third kappa shape index (κ3) is 3.81. The maximum Gasteiger partial charge on any atom is 0.203 e. The minimum Gasteiger partial charge on any atom is -0.383 e. The van der Waals surface area contributed by atoms with Gasteiger partial charge in [-0.05, 0) is 32.4 Å². The van der Waals surface area contributed by atoms with E-state index in [4.69, 9.17) is 4.74 Å². The normalized spacial score (nSPS) is 12.4. The van der Waals surface area contributed by atoms with E-state index in [0.717, 1.165) is 29.4 Å². The molecule has 2 aromatic heterocycles. The van der Waals surface area contributed by atoms with Crippen molar-refractivity contribution in [1.29, 1.82) is 0 Å². The predicted molar refractivity (Wildman–Crippen MR) is 80.0 cm³/mol. The molecule has 1 unspecified atom stereocenters. The van der Waals surface area contributed by atoms with E-state index in [2.05, 4.69) is 32.8 Å². The number of ether oxygens (including phenoxy) is 1. The molecular weight excluding hydrogens is 252 g/mol. The molecule has 1 atom stereocenters. The fourth-order valence-electron chi connectivity index (χ4n) is 2.08. The van der Waals surface area contributed by atoms with Crippen molar-refractivity contribution in [3.8, 4) is 0 Å². The van der Waals surface area contributed by atoms with Crippen molar-refractivity contribution in [2.24, 2.45) is 0 Å². The van der Waals surface area contributed by atoms with E-state index in [1.807, 2.05) is 32.3 Å². The molecule has 0 amide bonds. The Bertz CT molecular complexity index is 548. The molecule has 2 heterocycles. The van der Waals surface area contributed by atoms with E-state index in [1.165, 1.54) is 0 Å². The van der Waals surface area contributed by atoms with Crippen LogP contribution in [0.5, 0.6) is 0 Å². The Morgan fingerprint density at radius 2 is 2.10 bits per heavy atom. The highest BCUT2D eigenvalue weighted by atomic mass is 16.5. The third-order valence-electron chi connectivity index (χ3n) is 3.01. The van der Waals surface area contributed by atoms with Crippen molar-refractivity contribution in [3.05, 3.63) is 41.5 Å². The van der Waals surface area contributed by atoms with Crippen LogP contribution < -0.4 is 5.32 Å². The largest absolute Gasteiger partial charge is 0.383 e. The number of anilines is 1. The van der Waals surface area contributed by atoms with Gasteiger partial charge in [0.05, 0.1) is 18.8 Å². The second kappa shape index (κ2) is 6.52. The zero-order valence-electron chi connectivity index (χ0n) is 12.6. The lowest BCUT2D eigenvalue weighted by Crippen LogP contribution is -2.23. The number of aromatic nitrogens is 3. The van der Waals surface area contributed by atoms with Gasteiger partial charge in [0.2, 0.25) is 5.95 Å². The molecule has 0 aliphatic carbocycles. The van der Waals surface area contributed by atoms with Crippen molar-refractivity contribution >= 4 is 5.95 Å². The van der Waals surface area contributed by atoms with Crippen LogP contribution in [0.4, 0.5) is 5.95 Å². The van der Waals surface area contributed by atoms with Crippen molar-refractivity contribution in [2.75, 3.05) is 19.0 Å². The van der Waals surface area contributed by atoms with E-state index >= 15 is 0 Å². The van der Waals surface area contributed by atoms with E-state index in [-0.39, 0.29) is 6.04 Å². The molecule has 0 spiro atoms. The molecule has 2 rings (SSSR count). The number of hydrogen-bond acceptors (Lipinski definition) is 4. The van der Waals surface area contributed by atoms with E-state index in [9.17, 15) is 0 Å². The summed E-state index contributed by atoms with van der Waals surface area (Å²) in [4.78, 5) is 8.85. The first-order chi connectivity index (χ1) is 9.58. The van der Waals surface area contributed by atoms with Gasteiger partial charge in [-0.2, -0.15) is 0 Å². The van der Waals surface area contributed by atoms with Gasteiger partial charge in [0.1, 0.15) is 0 Å². The molecule has 108 valence electrons. The Labute approximate surface area is 120 Å². The molecule has 5 heteroatoms. The zero-order valence-corrected chi connectivity index (χ0v) is 12.6. The first-order valence-electron chi connectivity index (χ1n) is 6.79. The second-order valence-electron chi connectivity index (χ2n) is 5.14. The number of imidazole rings is 1. The van der Waals surface area contributed by atoms with Crippen molar-refractivity contribution in [1.82, 2.24) is 14.5 Å². The maximum atomic E-state index is 5.14. The van der Waals surface area contributed by atoms with Crippen molar-refractivity contribution in [3.63, 3.8) is 0 Å². The number of methoxy groups -OCH3 is 1. The average Bonchev–Trinajstić information content (AvgIpc) is 2.72. The SMILES string of the molecule is COCC(C)Nc1nc(C)cn1Cc1ccc(C)nc1. The molecule has 0 saturated carbocycles. The molecule has 0 aliphatic heterocycles. The number of nitrogens with zero attached hydrogens (tertiary/aromatic N) is 3. The lowest BCUT2D eigenvalue weighted by Gasteiger charge is -2.15. The van der Waals surface area contributed by atoms with Crippen LogP contribution in [0, 0.1) is 13.8 Å². The van der Waals surface area contributed by atoms with Crippen LogP contribution >= 0.6 is 0 Å². The molecule has 0 radical (unpaired) electrons. The average molecular weight is 274 g/mol. The molecule has 0 aromatic carbocycles. The van der Waals surface area contributed by atoms with Crippen molar-refractivity contribution < 1.29 is 4.74 Å². The van der Waals surface area contributed by atoms with Gasteiger partial charge in [-0.15, -0.1) is 0 Å². The van der Waals surface area contributed by atoms with Crippen LogP contribution in [-0.2, 0) is 11.3 Å². The van der Waals surface area contributed by atoms with Gasteiger partial charge in [-0.25, -0.2) is 4.98 Å². The van der Waals surface area contributed by atoms with E-state index < -0.39 is 0 Å². The highest BCUT2D eigenvalue weighted by Gasteiger charge is 2.09. The lowest BCUT2D eigenvalue weighted by molar-refractivity contribution is 0.190. The Kier molecular flexibility index (Phi) is 4.74. The van der Waals surface area contributed by atoms with Crippen LogP contribution in [0.25, 0.3) is 0 Å². The number of aryl methyl sites for hydroxylation is 2. The summed E-state index contributed by atoms with van der Waals surface area (Å²) in [6.45, 7) is 7.47. The summed E-state index contributed by atoms with van der Waals surface area (Å²) in [6.07, 6.45) is 3.95. The third-order valence-corrected chi connectivity index (χ3v) is 3.01. The molecular formula is C15H22N4O. The molecule has 0 fully saturated rings. The predicted octanol–water partition coefficient (Wildman–Crippen LogP) is 2.39. The van der Waals surface area contributed by atoms with E-state index in [0.29, 0.717) is 6.61 Å². The molecule has 20 heavy (non-hydrogen) atoms. The quantitative estimate of drug-likeness (QED) is 0.878. The Morgan fingerprint density at radius 1 is 1.30 bits per heavy atom. The number of hydrogen-bond donors (Lipinski definition) is 1. The summed E-state index contributed by atoms with van der Waals surface area (Å²) >= 11 is 0. The molecule has 0 aliphatic rings. The lowest BCUT2D eigenvalue weighted by atomic mass is 10.2. The first kappa shape index (κ1) is 14.5. The maximum absolute atomic E-state index is 5.14. The summed E-state index contributed by atoms with van der Waals surface area (Å²) in [5, 5.41) is 3.37. The van der Waals surface area contributed by atoms with E-state index in [1.54, 1.807) is 7.11 Å². The van der Waals surface area contributed by atoms with Gasteiger partial charge < -0.3 is 14.6 Å². The topological polar surface area (TPSA) is 52.0 Å². The monoisotopic (exact) mass is 274 g/mol. The molecule has 5 nitrogen and oxygen atoms in total. The molecule has 1 N–H and O–H groups in total. The van der Waals surface area contributed by atoms with Gasteiger partial charge in [0.15, 0.2) is 0 Å². The smallest absolute Gasteiger partial charge is 0.203 e. The Morgan fingerprint density at radius 3 is 2.75 bits per heavy atom. The van der Waals surface area contributed by atoms with Gasteiger partial charge in [0.25, 0.3) is 0 Å². The zero-order chi connectivity index (χ0) is 14.5. The first-order valence-corrected chi connectivity index (χ1v) is 6.79. The minimum atomic E-state index is 0.219. The van der Waals surface area contributed by atoms with Crippen LogP contribution in [0.2, 0.25) is 0 Å². The van der Waals surface area contributed by atoms with Crippen LogP contribution in [0.1, 0.15) is 23.9 Å². The second-order valence-corrected chi connectivity index (χ2v) is 5.14. The van der Waals surface area contributed by atoms with Crippen LogP contribution in [0.3, 0.4) is 0 Å². The summed E-state index contributed by atoms with van der Waals surface area (Å²) < 4.78 is 7.25. The van der Waals surface area contributed by atoms with Crippen LogP contribution in [0.15, 0.2) is 24.5 Å². The fourth-order valence-corrected chi connectivity index (χ4v) is 2.08.